The first-order chi connectivity index (χ1) is 9.69. The molecule has 0 aromatic carbocycles. The van der Waals surface area contributed by atoms with Crippen LogP contribution >= 0.6 is 0 Å². The molecule has 2 N–H and O–H groups in total. The van der Waals surface area contributed by atoms with Crippen LogP contribution in [0.2, 0.25) is 0 Å². The van der Waals surface area contributed by atoms with Crippen LogP contribution in [0.5, 0.6) is 0 Å². The molecule has 1 heterocycles. The molecule has 1 aliphatic rings. The van der Waals surface area contributed by atoms with Crippen molar-refractivity contribution >= 4 is 0 Å². The Hall–Kier alpha value is -0.940. The molecule has 1 fully saturated rings. The Morgan fingerprint density at radius 2 is 2.00 bits per heavy atom. The molecule has 4 heteroatoms. The Kier molecular flexibility index (Phi) is 9.46. The molecule has 1 rings (SSSR count). The Balaban J connectivity index is 0.000000690. The maximum atomic E-state index is 9.49. The fraction of sp³-hybridized carbons (Fsp3) is 0.647. The fourth-order valence-electron chi connectivity index (χ4n) is 1.75. The van der Waals surface area contributed by atoms with Gasteiger partial charge in [0.15, 0.2) is 0 Å². The Morgan fingerprint density at radius 3 is 2.43 bits per heavy atom. The van der Waals surface area contributed by atoms with E-state index in [0.717, 1.165) is 12.0 Å². The summed E-state index contributed by atoms with van der Waals surface area (Å²) in [5.74, 6) is 0. The fourth-order valence-corrected chi connectivity index (χ4v) is 1.75. The van der Waals surface area contributed by atoms with Crippen molar-refractivity contribution in [2.24, 2.45) is 0 Å². The van der Waals surface area contributed by atoms with Crippen molar-refractivity contribution in [1.29, 1.82) is 0 Å². The summed E-state index contributed by atoms with van der Waals surface area (Å²) in [4.78, 5) is 0. The lowest BCUT2D eigenvalue weighted by Gasteiger charge is -2.21. The van der Waals surface area contributed by atoms with Gasteiger partial charge in [-0.25, -0.2) is 0 Å². The zero-order chi connectivity index (χ0) is 16.5. The van der Waals surface area contributed by atoms with Gasteiger partial charge in [-0.15, -0.1) is 0 Å². The molecular weight excluding hydrogens is 268 g/mol. The summed E-state index contributed by atoms with van der Waals surface area (Å²) in [6, 6.07) is 0. The number of hydrogen-bond donors (Lipinski definition) is 2. The van der Waals surface area contributed by atoms with Crippen LogP contribution in [0, 0.1) is 0 Å². The first kappa shape index (κ1) is 20.1. The summed E-state index contributed by atoms with van der Waals surface area (Å²) < 4.78 is 11.1. The first-order valence-electron chi connectivity index (χ1n) is 7.26. The van der Waals surface area contributed by atoms with Crippen LogP contribution in [0.15, 0.2) is 37.0 Å². The maximum Gasteiger partial charge on any atom is 0.109 e. The highest BCUT2D eigenvalue weighted by Crippen LogP contribution is 2.20. The summed E-state index contributed by atoms with van der Waals surface area (Å²) in [5.41, 5.74) is 0.478. The predicted octanol–water partition coefficient (Wildman–Crippen LogP) is 2.62. The smallest absolute Gasteiger partial charge is 0.109 e. The molecule has 21 heavy (non-hydrogen) atoms. The molecule has 3 atom stereocenters. The zero-order valence-corrected chi connectivity index (χ0v) is 13.7. The number of hydrogen-bond acceptors (Lipinski definition) is 4. The lowest BCUT2D eigenvalue weighted by atomic mass is 10.1. The molecule has 0 bridgehead atoms. The average molecular weight is 298 g/mol. The highest BCUT2D eigenvalue weighted by atomic mass is 16.6. The minimum absolute atomic E-state index is 0.0341. The van der Waals surface area contributed by atoms with Crippen molar-refractivity contribution < 1.29 is 19.7 Å². The van der Waals surface area contributed by atoms with Crippen LogP contribution in [0.1, 0.15) is 34.1 Å². The average Bonchev–Trinajstić information content (AvgIpc) is 2.80. The van der Waals surface area contributed by atoms with Crippen LogP contribution in [0.25, 0.3) is 0 Å². The van der Waals surface area contributed by atoms with Gasteiger partial charge in [0.25, 0.3) is 0 Å². The van der Waals surface area contributed by atoms with E-state index in [0.29, 0.717) is 13.2 Å². The van der Waals surface area contributed by atoms with Crippen molar-refractivity contribution in [3.05, 3.63) is 37.0 Å². The van der Waals surface area contributed by atoms with Crippen molar-refractivity contribution in [3.8, 4) is 0 Å². The van der Waals surface area contributed by atoms with Gasteiger partial charge in [-0.1, -0.05) is 31.4 Å². The second kappa shape index (κ2) is 9.90. The summed E-state index contributed by atoms with van der Waals surface area (Å²) >= 11 is 0. The monoisotopic (exact) mass is 298 g/mol. The second-order valence-corrected chi connectivity index (χ2v) is 6.07. The van der Waals surface area contributed by atoms with E-state index in [4.69, 9.17) is 14.6 Å². The summed E-state index contributed by atoms with van der Waals surface area (Å²) in [6.07, 6.45) is 5.40. The molecule has 4 nitrogen and oxygen atoms in total. The molecule has 0 saturated carbocycles. The molecule has 1 saturated heterocycles. The summed E-state index contributed by atoms with van der Waals surface area (Å²) in [7, 11) is 0. The first-order valence-corrected chi connectivity index (χ1v) is 7.26. The summed E-state index contributed by atoms with van der Waals surface area (Å²) in [6.45, 7) is 15.4. The van der Waals surface area contributed by atoms with E-state index in [1.165, 1.54) is 0 Å². The van der Waals surface area contributed by atoms with Gasteiger partial charge < -0.3 is 19.7 Å². The van der Waals surface area contributed by atoms with Gasteiger partial charge in [-0.05, 0) is 39.7 Å². The quantitative estimate of drug-likeness (QED) is 0.740. The molecule has 0 aromatic rings. The van der Waals surface area contributed by atoms with Crippen molar-refractivity contribution in [1.82, 2.24) is 0 Å². The van der Waals surface area contributed by atoms with E-state index in [1.54, 1.807) is 39.8 Å². The number of allylic oxidation sites excluding steroid dienone is 2. The van der Waals surface area contributed by atoms with E-state index in [2.05, 4.69) is 13.2 Å². The van der Waals surface area contributed by atoms with E-state index in [-0.39, 0.29) is 12.2 Å². The van der Waals surface area contributed by atoms with E-state index < -0.39 is 11.7 Å². The second-order valence-electron chi connectivity index (χ2n) is 6.07. The van der Waals surface area contributed by atoms with Gasteiger partial charge in [0.2, 0.25) is 0 Å². The van der Waals surface area contributed by atoms with Crippen molar-refractivity contribution in [2.75, 3.05) is 13.2 Å². The van der Waals surface area contributed by atoms with E-state index in [1.807, 2.05) is 6.08 Å². The molecule has 1 aliphatic heterocycles. The predicted molar refractivity (Wildman–Crippen MR) is 86.2 cm³/mol. The van der Waals surface area contributed by atoms with Crippen LogP contribution in [0.3, 0.4) is 0 Å². The molecule has 122 valence electrons. The Bertz CT molecular complexity index is 333. The molecule has 0 spiro atoms. The number of ether oxygens (including phenoxy) is 2. The third-order valence-electron chi connectivity index (χ3n) is 2.61. The van der Waals surface area contributed by atoms with Crippen LogP contribution in [-0.4, -0.2) is 47.3 Å². The number of aliphatic hydroxyl groups is 2. The van der Waals surface area contributed by atoms with Gasteiger partial charge in [-0.3, -0.25) is 0 Å². The largest absolute Gasteiger partial charge is 0.391 e. The minimum atomic E-state index is -0.500. The van der Waals surface area contributed by atoms with Gasteiger partial charge in [0.05, 0.1) is 24.4 Å². The van der Waals surface area contributed by atoms with Gasteiger partial charge in [0.1, 0.15) is 6.10 Å². The normalized spacial score (nSPS) is 24.0. The number of aliphatic hydroxyl groups excluding tert-OH is 1. The zero-order valence-electron chi connectivity index (χ0n) is 13.7. The molecule has 0 radical (unpaired) electrons. The molecule has 0 aromatic heterocycles. The van der Waals surface area contributed by atoms with Crippen LogP contribution < -0.4 is 0 Å². The van der Waals surface area contributed by atoms with Crippen molar-refractivity contribution in [3.63, 3.8) is 0 Å². The standard InChI is InChI=1S/C13H20O3.C4H10O/c1-4-6-11(5-2)9-16-12-7-8-15-13(12)10(3)14;1-4(2,3)5/h4-6,10,12-14H,1-2,7-9H2,3H3;5H,1-3H3/b11-6+;. The number of rotatable bonds is 6. The third-order valence-corrected chi connectivity index (χ3v) is 2.61. The van der Waals surface area contributed by atoms with Gasteiger partial charge >= 0.3 is 0 Å². The SMILES string of the molecule is C=C/C=C(\C=C)COC1CCOC1C(C)O.CC(C)(C)O. The molecular formula is C17H30O4. The molecule has 0 amide bonds. The molecule has 3 unspecified atom stereocenters. The van der Waals surface area contributed by atoms with Crippen LogP contribution in [0.4, 0.5) is 0 Å². The lowest BCUT2D eigenvalue weighted by Crippen LogP contribution is -2.34. The van der Waals surface area contributed by atoms with Gasteiger partial charge in [0, 0.05) is 6.61 Å². The van der Waals surface area contributed by atoms with Crippen LogP contribution in [-0.2, 0) is 9.47 Å². The van der Waals surface area contributed by atoms with E-state index in [9.17, 15) is 5.11 Å². The highest BCUT2D eigenvalue weighted by molar-refractivity contribution is 5.21. The molecule has 0 aliphatic carbocycles. The Morgan fingerprint density at radius 1 is 1.43 bits per heavy atom. The lowest BCUT2D eigenvalue weighted by molar-refractivity contribution is -0.0587. The highest BCUT2D eigenvalue weighted by Gasteiger charge is 2.32. The third kappa shape index (κ3) is 10.4. The maximum absolute atomic E-state index is 9.49. The topological polar surface area (TPSA) is 58.9 Å². The van der Waals surface area contributed by atoms with E-state index >= 15 is 0 Å². The van der Waals surface area contributed by atoms with Gasteiger partial charge in [-0.2, -0.15) is 0 Å². The Labute approximate surface area is 128 Å². The van der Waals surface area contributed by atoms with Crippen molar-refractivity contribution in [2.45, 2.75) is 58.0 Å². The minimum Gasteiger partial charge on any atom is -0.391 e. The summed E-state index contributed by atoms with van der Waals surface area (Å²) in [5, 5.41) is 18.0.